The lowest BCUT2D eigenvalue weighted by molar-refractivity contribution is 0.627. The highest BCUT2D eigenvalue weighted by Crippen LogP contribution is 2.32. The molecule has 5 heteroatoms. The molecular formula is C11H8Cl2FNS. The van der Waals surface area contributed by atoms with Gasteiger partial charge in [-0.3, -0.25) is 0 Å². The number of benzene rings is 1. The van der Waals surface area contributed by atoms with Gasteiger partial charge in [-0.15, -0.1) is 11.3 Å². The summed E-state index contributed by atoms with van der Waals surface area (Å²) in [6, 6.07) is 5.86. The van der Waals surface area contributed by atoms with Gasteiger partial charge in [0.05, 0.1) is 16.1 Å². The number of hydrogen-bond donors (Lipinski definition) is 1. The first kappa shape index (κ1) is 11.9. The molecule has 0 fully saturated rings. The predicted molar refractivity (Wildman–Crippen MR) is 66.8 cm³/mol. The minimum absolute atomic E-state index is 0.0700. The van der Waals surface area contributed by atoms with Crippen LogP contribution < -0.4 is 5.73 Å². The molecule has 1 heterocycles. The van der Waals surface area contributed by atoms with Crippen LogP contribution in [-0.4, -0.2) is 0 Å². The maximum Gasteiger partial charge on any atom is 0.141 e. The summed E-state index contributed by atoms with van der Waals surface area (Å²) < 4.78 is 13.0. The number of nitrogens with two attached hydrogens (primary N) is 1. The fourth-order valence-electron chi connectivity index (χ4n) is 1.38. The van der Waals surface area contributed by atoms with Crippen molar-refractivity contribution < 1.29 is 4.39 Å². The molecule has 1 atom stereocenters. The molecule has 0 aliphatic carbocycles. The molecule has 0 spiro atoms. The summed E-state index contributed by atoms with van der Waals surface area (Å²) in [7, 11) is 0. The zero-order chi connectivity index (χ0) is 11.7. The summed E-state index contributed by atoms with van der Waals surface area (Å²) in [6.07, 6.45) is 0. The summed E-state index contributed by atoms with van der Waals surface area (Å²) >= 11 is 13.1. The summed E-state index contributed by atoms with van der Waals surface area (Å²) in [5, 5.41) is 2.56. The van der Waals surface area contributed by atoms with E-state index in [4.69, 9.17) is 28.9 Å². The third-order valence-electron chi connectivity index (χ3n) is 2.23. The number of rotatable bonds is 2. The molecule has 2 aromatic rings. The zero-order valence-corrected chi connectivity index (χ0v) is 10.4. The highest BCUT2D eigenvalue weighted by Gasteiger charge is 2.15. The van der Waals surface area contributed by atoms with E-state index in [2.05, 4.69) is 0 Å². The van der Waals surface area contributed by atoms with Crippen molar-refractivity contribution in [2.75, 3.05) is 0 Å². The van der Waals surface area contributed by atoms with Crippen LogP contribution >= 0.6 is 34.5 Å². The first-order valence-electron chi connectivity index (χ1n) is 4.53. The van der Waals surface area contributed by atoms with Crippen LogP contribution in [0.2, 0.25) is 10.0 Å². The van der Waals surface area contributed by atoms with Crippen LogP contribution in [0, 0.1) is 5.82 Å². The number of halogens is 3. The minimum Gasteiger partial charge on any atom is -0.320 e. The van der Waals surface area contributed by atoms with E-state index in [0.717, 1.165) is 10.4 Å². The van der Waals surface area contributed by atoms with Gasteiger partial charge in [0.2, 0.25) is 0 Å². The molecule has 1 nitrogen and oxygen atoms in total. The summed E-state index contributed by atoms with van der Waals surface area (Å²) in [4.78, 5) is 0.851. The van der Waals surface area contributed by atoms with Crippen molar-refractivity contribution in [3.05, 3.63) is 55.9 Å². The van der Waals surface area contributed by atoms with Crippen molar-refractivity contribution in [3.63, 3.8) is 0 Å². The second-order valence-electron chi connectivity index (χ2n) is 3.28. The van der Waals surface area contributed by atoms with Gasteiger partial charge in [-0.05, 0) is 29.1 Å². The van der Waals surface area contributed by atoms with Gasteiger partial charge in [0.15, 0.2) is 0 Å². The Hall–Kier alpha value is -0.610. The topological polar surface area (TPSA) is 26.0 Å². The van der Waals surface area contributed by atoms with Crippen LogP contribution in [0.5, 0.6) is 0 Å². The normalized spacial score (nSPS) is 12.8. The molecule has 1 aromatic carbocycles. The van der Waals surface area contributed by atoms with Gasteiger partial charge in [-0.2, -0.15) is 0 Å². The van der Waals surface area contributed by atoms with E-state index in [1.54, 1.807) is 12.1 Å². The van der Waals surface area contributed by atoms with Crippen molar-refractivity contribution in [3.8, 4) is 0 Å². The molecule has 0 aliphatic heterocycles. The highest BCUT2D eigenvalue weighted by atomic mass is 35.5. The van der Waals surface area contributed by atoms with Crippen LogP contribution in [-0.2, 0) is 0 Å². The third kappa shape index (κ3) is 2.23. The highest BCUT2D eigenvalue weighted by molar-refractivity contribution is 7.10. The van der Waals surface area contributed by atoms with Crippen LogP contribution in [0.15, 0.2) is 29.6 Å². The Balaban J connectivity index is 2.38. The second-order valence-corrected chi connectivity index (χ2v) is 5.05. The molecule has 0 saturated heterocycles. The van der Waals surface area contributed by atoms with Gasteiger partial charge < -0.3 is 5.73 Å². The molecule has 2 N–H and O–H groups in total. The molecule has 0 aliphatic rings. The Morgan fingerprint density at radius 2 is 1.94 bits per heavy atom. The van der Waals surface area contributed by atoms with Crippen molar-refractivity contribution >= 4 is 34.5 Å². The average Bonchev–Trinajstić information content (AvgIpc) is 2.67. The zero-order valence-electron chi connectivity index (χ0n) is 8.08. The Bertz CT molecular complexity index is 512. The standard InChI is InChI=1S/C11H8Cl2FNS/c12-7-3-4-16-11(7)10(15)6-1-2-9(14)8(13)5-6/h1-5,10H,15H2. The Morgan fingerprint density at radius 3 is 2.50 bits per heavy atom. The molecule has 1 aromatic heterocycles. The molecule has 16 heavy (non-hydrogen) atoms. The van der Waals surface area contributed by atoms with Gasteiger partial charge in [0.1, 0.15) is 5.82 Å². The quantitative estimate of drug-likeness (QED) is 0.872. The maximum absolute atomic E-state index is 13.0. The first-order chi connectivity index (χ1) is 7.59. The predicted octanol–water partition coefficient (Wildman–Crippen LogP) is 4.24. The van der Waals surface area contributed by atoms with Crippen LogP contribution in [0.4, 0.5) is 4.39 Å². The van der Waals surface area contributed by atoms with E-state index < -0.39 is 5.82 Å². The van der Waals surface area contributed by atoms with Gasteiger partial charge in [0.25, 0.3) is 0 Å². The summed E-state index contributed by atoms with van der Waals surface area (Å²) in [5.74, 6) is -0.449. The second kappa shape index (κ2) is 4.72. The Morgan fingerprint density at radius 1 is 1.19 bits per heavy atom. The fraction of sp³-hybridized carbons (Fsp3) is 0.0909. The van der Waals surface area contributed by atoms with Crippen molar-refractivity contribution in [1.29, 1.82) is 0 Å². The lowest BCUT2D eigenvalue weighted by atomic mass is 10.1. The van der Waals surface area contributed by atoms with Crippen LogP contribution in [0.1, 0.15) is 16.5 Å². The van der Waals surface area contributed by atoms with Gasteiger partial charge in [-0.1, -0.05) is 29.3 Å². The van der Waals surface area contributed by atoms with E-state index in [-0.39, 0.29) is 11.1 Å². The monoisotopic (exact) mass is 275 g/mol. The fourth-order valence-corrected chi connectivity index (χ4v) is 2.78. The lowest BCUT2D eigenvalue weighted by Gasteiger charge is -2.11. The van der Waals surface area contributed by atoms with Crippen molar-refractivity contribution in [2.45, 2.75) is 6.04 Å². The van der Waals surface area contributed by atoms with Crippen LogP contribution in [0.3, 0.4) is 0 Å². The molecule has 0 bridgehead atoms. The smallest absolute Gasteiger partial charge is 0.141 e. The molecule has 1 unspecified atom stereocenters. The van der Waals surface area contributed by atoms with Crippen molar-refractivity contribution in [2.24, 2.45) is 5.73 Å². The number of thiophene rings is 1. The van der Waals surface area contributed by atoms with E-state index in [9.17, 15) is 4.39 Å². The van der Waals surface area contributed by atoms with Gasteiger partial charge in [0, 0.05) is 4.88 Å². The van der Waals surface area contributed by atoms with E-state index in [0.29, 0.717) is 5.02 Å². The summed E-state index contributed by atoms with van der Waals surface area (Å²) in [5.41, 5.74) is 6.77. The molecule has 0 saturated carbocycles. The van der Waals surface area contributed by atoms with E-state index in [1.165, 1.54) is 23.5 Å². The van der Waals surface area contributed by atoms with Gasteiger partial charge in [-0.25, -0.2) is 4.39 Å². The summed E-state index contributed by atoms with van der Waals surface area (Å²) in [6.45, 7) is 0. The van der Waals surface area contributed by atoms with Gasteiger partial charge >= 0.3 is 0 Å². The van der Waals surface area contributed by atoms with Crippen LogP contribution in [0.25, 0.3) is 0 Å². The molecular weight excluding hydrogens is 268 g/mol. The number of hydrogen-bond acceptors (Lipinski definition) is 2. The largest absolute Gasteiger partial charge is 0.320 e. The third-order valence-corrected chi connectivity index (χ3v) is 3.96. The minimum atomic E-state index is -0.449. The molecule has 84 valence electrons. The van der Waals surface area contributed by atoms with E-state index in [1.807, 2.05) is 5.38 Å². The lowest BCUT2D eigenvalue weighted by Crippen LogP contribution is -2.10. The molecule has 0 radical (unpaired) electrons. The Kier molecular flexibility index (Phi) is 3.50. The Labute approximate surface area is 107 Å². The van der Waals surface area contributed by atoms with E-state index >= 15 is 0 Å². The molecule has 2 rings (SSSR count). The SMILES string of the molecule is NC(c1ccc(F)c(Cl)c1)c1sccc1Cl. The average molecular weight is 276 g/mol. The maximum atomic E-state index is 13.0. The molecule has 0 amide bonds. The first-order valence-corrected chi connectivity index (χ1v) is 6.16. The van der Waals surface area contributed by atoms with Crippen molar-refractivity contribution in [1.82, 2.24) is 0 Å².